The smallest absolute Gasteiger partial charge is 0.187 e. The van der Waals surface area contributed by atoms with E-state index < -0.39 is 5.82 Å². The fourth-order valence-electron chi connectivity index (χ4n) is 1.48. The predicted molar refractivity (Wildman–Crippen MR) is 75.6 cm³/mol. The van der Waals surface area contributed by atoms with Gasteiger partial charge < -0.3 is 5.43 Å². The number of rotatable bonds is 4. The summed E-state index contributed by atoms with van der Waals surface area (Å²) in [6.07, 6.45) is 0. The van der Waals surface area contributed by atoms with Gasteiger partial charge in [0.25, 0.3) is 0 Å². The fourth-order valence-corrected chi connectivity index (χ4v) is 2.55. The molecule has 0 bridgehead atoms. The third-order valence-electron chi connectivity index (χ3n) is 2.36. The number of anilines is 1. The zero-order valence-corrected chi connectivity index (χ0v) is 11.7. The van der Waals surface area contributed by atoms with Crippen LogP contribution < -0.4 is 11.3 Å². The summed E-state index contributed by atoms with van der Waals surface area (Å²) in [6, 6.07) is 7.47. The number of hydrogen-bond acceptors (Lipinski definition) is 5. The lowest BCUT2D eigenvalue weighted by atomic mass is 10.4. The summed E-state index contributed by atoms with van der Waals surface area (Å²) in [4.78, 5) is 9.10. The van der Waals surface area contributed by atoms with Crippen molar-refractivity contribution >= 4 is 29.2 Å². The van der Waals surface area contributed by atoms with Crippen molar-refractivity contribution in [2.24, 2.45) is 5.84 Å². The second-order valence-electron chi connectivity index (χ2n) is 3.78. The molecule has 100 valence electrons. The summed E-state index contributed by atoms with van der Waals surface area (Å²) < 4.78 is 13.5. The lowest BCUT2D eigenvalue weighted by Gasteiger charge is -2.07. The number of aryl methyl sites for hydroxylation is 1. The van der Waals surface area contributed by atoms with Gasteiger partial charge >= 0.3 is 0 Å². The number of thioether (sulfide) groups is 1. The Balaban J connectivity index is 2.13. The molecule has 2 rings (SSSR count). The highest BCUT2D eigenvalue weighted by atomic mass is 35.5. The normalized spacial score (nSPS) is 10.5. The molecule has 4 nitrogen and oxygen atoms in total. The Bertz CT molecular complexity index is 594. The Morgan fingerprint density at radius 1 is 1.42 bits per heavy atom. The molecule has 0 fully saturated rings. The quantitative estimate of drug-likeness (QED) is 0.516. The standard InChI is InChI=1S/C12H12ClFN4S/c1-7-11(14)12(18-15)17-10(16-7)6-19-9-4-2-3-8(13)5-9/h2-5H,6,15H2,1H3,(H,16,17,18). The first-order valence-corrected chi connectivity index (χ1v) is 6.84. The number of hydrazine groups is 1. The molecule has 0 amide bonds. The third-order valence-corrected chi connectivity index (χ3v) is 3.59. The van der Waals surface area contributed by atoms with Crippen LogP contribution in [-0.4, -0.2) is 9.97 Å². The summed E-state index contributed by atoms with van der Waals surface area (Å²) in [6.45, 7) is 1.57. The summed E-state index contributed by atoms with van der Waals surface area (Å²) in [7, 11) is 0. The number of nitrogen functional groups attached to an aromatic ring is 1. The van der Waals surface area contributed by atoms with Gasteiger partial charge in [-0.3, -0.25) is 0 Å². The highest BCUT2D eigenvalue weighted by Crippen LogP contribution is 2.25. The molecule has 0 spiro atoms. The van der Waals surface area contributed by atoms with Crippen molar-refractivity contribution in [3.8, 4) is 0 Å². The molecule has 1 aromatic heterocycles. The molecule has 7 heteroatoms. The van der Waals surface area contributed by atoms with Crippen molar-refractivity contribution in [3.05, 3.63) is 46.6 Å². The van der Waals surface area contributed by atoms with Crippen LogP contribution in [-0.2, 0) is 5.75 Å². The lowest BCUT2D eigenvalue weighted by Crippen LogP contribution is -2.13. The molecule has 3 N–H and O–H groups in total. The van der Waals surface area contributed by atoms with E-state index in [2.05, 4.69) is 15.4 Å². The first kappa shape index (κ1) is 14.0. The number of nitrogens with zero attached hydrogens (tertiary/aromatic N) is 2. The fraction of sp³-hybridized carbons (Fsp3) is 0.167. The number of hydrogen-bond donors (Lipinski definition) is 2. The minimum absolute atomic E-state index is 0.00851. The molecule has 0 atom stereocenters. The second-order valence-corrected chi connectivity index (χ2v) is 5.26. The molecule has 0 radical (unpaired) electrons. The molecule has 0 aliphatic heterocycles. The van der Waals surface area contributed by atoms with E-state index in [9.17, 15) is 4.39 Å². The van der Waals surface area contributed by atoms with Crippen LogP contribution in [0.1, 0.15) is 11.5 Å². The Morgan fingerprint density at radius 3 is 2.89 bits per heavy atom. The summed E-state index contributed by atoms with van der Waals surface area (Å²) >= 11 is 7.42. The van der Waals surface area contributed by atoms with E-state index in [0.717, 1.165) is 4.90 Å². The van der Waals surface area contributed by atoms with Crippen molar-refractivity contribution < 1.29 is 4.39 Å². The Kier molecular flexibility index (Phi) is 4.57. The molecule has 0 saturated heterocycles. The van der Waals surface area contributed by atoms with Gasteiger partial charge in [-0.1, -0.05) is 17.7 Å². The molecule has 0 saturated carbocycles. The first-order chi connectivity index (χ1) is 9.10. The van der Waals surface area contributed by atoms with Gasteiger partial charge in [-0.15, -0.1) is 11.8 Å². The molecular formula is C12H12ClFN4S. The minimum Gasteiger partial charge on any atom is -0.306 e. The molecule has 1 heterocycles. The number of aromatic nitrogens is 2. The van der Waals surface area contributed by atoms with Gasteiger partial charge in [0.15, 0.2) is 11.6 Å². The average Bonchev–Trinajstić information content (AvgIpc) is 2.40. The molecule has 0 aliphatic carbocycles. The van der Waals surface area contributed by atoms with Gasteiger partial charge in [0.05, 0.1) is 11.4 Å². The highest BCUT2D eigenvalue weighted by Gasteiger charge is 2.10. The topological polar surface area (TPSA) is 63.8 Å². The average molecular weight is 299 g/mol. The molecule has 2 aromatic rings. The maximum absolute atomic E-state index is 13.5. The molecular weight excluding hydrogens is 287 g/mol. The zero-order valence-electron chi connectivity index (χ0n) is 10.2. The first-order valence-electron chi connectivity index (χ1n) is 5.48. The SMILES string of the molecule is Cc1nc(CSc2cccc(Cl)c2)nc(NN)c1F. The van der Waals surface area contributed by atoms with Gasteiger partial charge in [0.2, 0.25) is 0 Å². The molecule has 1 aromatic carbocycles. The van der Waals surface area contributed by atoms with Crippen LogP contribution in [0.15, 0.2) is 29.2 Å². The third kappa shape index (κ3) is 3.56. The van der Waals surface area contributed by atoms with E-state index in [0.29, 0.717) is 16.6 Å². The Hall–Kier alpha value is -1.37. The van der Waals surface area contributed by atoms with Gasteiger partial charge in [0, 0.05) is 9.92 Å². The Morgan fingerprint density at radius 2 is 2.21 bits per heavy atom. The minimum atomic E-state index is -0.529. The van der Waals surface area contributed by atoms with Gasteiger partial charge in [-0.2, -0.15) is 0 Å². The van der Waals surface area contributed by atoms with Crippen molar-refractivity contribution in [1.82, 2.24) is 9.97 Å². The molecule has 0 aliphatic rings. The van der Waals surface area contributed by atoms with Gasteiger partial charge in [0.1, 0.15) is 5.82 Å². The van der Waals surface area contributed by atoms with Crippen LogP contribution in [0.5, 0.6) is 0 Å². The van der Waals surface area contributed by atoms with Gasteiger partial charge in [-0.05, 0) is 25.1 Å². The van der Waals surface area contributed by atoms with Crippen LogP contribution in [0.2, 0.25) is 5.02 Å². The summed E-state index contributed by atoms with van der Waals surface area (Å²) in [5.41, 5.74) is 2.50. The van der Waals surface area contributed by atoms with E-state index >= 15 is 0 Å². The van der Waals surface area contributed by atoms with Crippen LogP contribution in [0.3, 0.4) is 0 Å². The van der Waals surface area contributed by atoms with E-state index in [1.807, 2.05) is 18.2 Å². The number of nitrogens with two attached hydrogens (primary N) is 1. The van der Waals surface area contributed by atoms with Crippen LogP contribution >= 0.6 is 23.4 Å². The van der Waals surface area contributed by atoms with Crippen LogP contribution in [0, 0.1) is 12.7 Å². The maximum Gasteiger partial charge on any atom is 0.187 e. The molecule has 0 unspecified atom stereocenters. The number of benzene rings is 1. The number of halogens is 2. The predicted octanol–water partition coefficient (Wildman–Crippen LogP) is 3.16. The van der Waals surface area contributed by atoms with Crippen molar-refractivity contribution in [2.75, 3.05) is 5.43 Å². The lowest BCUT2D eigenvalue weighted by molar-refractivity contribution is 0.602. The Labute approximate surface area is 119 Å². The van der Waals surface area contributed by atoms with Crippen LogP contribution in [0.4, 0.5) is 10.2 Å². The van der Waals surface area contributed by atoms with E-state index in [1.54, 1.807) is 13.0 Å². The number of nitrogens with one attached hydrogen (secondary N) is 1. The molecule has 19 heavy (non-hydrogen) atoms. The zero-order chi connectivity index (χ0) is 13.8. The van der Waals surface area contributed by atoms with E-state index in [-0.39, 0.29) is 11.5 Å². The van der Waals surface area contributed by atoms with Gasteiger partial charge in [-0.25, -0.2) is 20.2 Å². The second kappa shape index (κ2) is 6.18. The van der Waals surface area contributed by atoms with Crippen LogP contribution in [0.25, 0.3) is 0 Å². The highest BCUT2D eigenvalue weighted by molar-refractivity contribution is 7.98. The van der Waals surface area contributed by atoms with Crippen molar-refractivity contribution in [2.45, 2.75) is 17.6 Å². The monoisotopic (exact) mass is 298 g/mol. The van der Waals surface area contributed by atoms with E-state index in [1.165, 1.54) is 11.8 Å². The summed E-state index contributed by atoms with van der Waals surface area (Å²) in [5, 5.41) is 0.672. The van der Waals surface area contributed by atoms with E-state index in [4.69, 9.17) is 17.4 Å². The van der Waals surface area contributed by atoms with Crippen molar-refractivity contribution in [3.63, 3.8) is 0 Å². The van der Waals surface area contributed by atoms with Crippen molar-refractivity contribution in [1.29, 1.82) is 0 Å². The maximum atomic E-state index is 13.5. The largest absolute Gasteiger partial charge is 0.306 e. The summed E-state index contributed by atoms with van der Waals surface area (Å²) in [5.74, 6) is 5.71.